The minimum atomic E-state index is 1.12. The van der Waals surface area contributed by atoms with Crippen molar-refractivity contribution < 1.29 is 0 Å². The number of rotatable bonds is 10. The Morgan fingerprint density at radius 3 is 2.36 bits per heavy atom. The first kappa shape index (κ1) is 17.2. The quantitative estimate of drug-likeness (QED) is 0.446. The van der Waals surface area contributed by atoms with Crippen molar-refractivity contribution in [2.75, 3.05) is 0 Å². The number of hydrogen-bond acceptors (Lipinski definition) is 2. The molecule has 1 nitrogen and oxygen atoms in total. The van der Waals surface area contributed by atoms with Gasteiger partial charge in [0.25, 0.3) is 0 Å². The maximum Gasteiger partial charge on any atom is 0.0404 e. The van der Waals surface area contributed by atoms with Gasteiger partial charge in [-0.2, -0.15) is 0 Å². The molecule has 0 N–H and O–H groups in total. The van der Waals surface area contributed by atoms with Gasteiger partial charge in [0.1, 0.15) is 0 Å². The fraction of sp³-hybridized carbons (Fsp3) is 0.550. The molecule has 2 heteroatoms. The smallest absolute Gasteiger partial charge is 0.0404 e. The van der Waals surface area contributed by atoms with E-state index in [1.165, 1.54) is 72.4 Å². The van der Waals surface area contributed by atoms with Gasteiger partial charge < -0.3 is 0 Å². The first-order chi connectivity index (χ1) is 10.8. The minimum Gasteiger partial charge on any atom is -0.261 e. The summed E-state index contributed by atoms with van der Waals surface area (Å²) in [5.74, 6) is 0. The van der Waals surface area contributed by atoms with Crippen molar-refractivity contribution in [3.63, 3.8) is 0 Å². The zero-order chi connectivity index (χ0) is 15.6. The molecule has 2 aromatic rings. The summed E-state index contributed by atoms with van der Waals surface area (Å²) in [5.41, 5.74) is 2.51. The van der Waals surface area contributed by atoms with E-state index in [0.29, 0.717) is 0 Å². The molecule has 0 atom stereocenters. The van der Waals surface area contributed by atoms with Crippen LogP contribution in [0.5, 0.6) is 0 Å². The van der Waals surface area contributed by atoms with Gasteiger partial charge in [0, 0.05) is 27.2 Å². The van der Waals surface area contributed by atoms with Crippen molar-refractivity contribution in [1.82, 2.24) is 4.98 Å². The Morgan fingerprint density at radius 1 is 0.818 bits per heavy atom. The molecule has 0 radical (unpaired) electrons. The van der Waals surface area contributed by atoms with E-state index in [9.17, 15) is 0 Å². The number of nitrogens with zero attached hydrogens (tertiary/aromatic N) is 1. The van der Waals surface area contributed by atoms with Crippen molar-refractivity contribution >= 4 is 11.3 Å². The van der Waals surface area contributed by atoms with Gasteiger partial charge in [0.2, 0.25) is 0 Å². The maximum absolute atomic E-state index is 4.65. The second-order valence-corrected chi connectivity index (χ2v) is 7.24. The summed E-state index contributed by atoms with van der Waals surface area (Å²) in [5, 5.41) is 0. The van der Waals surface area contributed by atoms with Gasteiger partial charge in [-0.1, -0.05) is 52.0 Å². The maximum atomic E-state index is 4.65. The summed E-state index contributed by atoms with van der Waals surface area (Å²) < 4.78 is 0. The summed E-state index contributed by atoms with van der Waals surface area (Å²) in [7, 11) is 0. The molecule has 0 spiro atoms. The number of thiophene rings is 1. The monoisotopic (exact) mass is 315 g/mol. The summed E-state index contributed by atoms with van der Waals surface area (Å²) in [6.45, 7) is 4.51. The third kappa shape index (κ3) is 5.57. The highest BCUT2D eigenvalue weighted by atomic mass is 32.1. The molecular weight excluding hydrogens is 286 g/mol. The zero-order valence-corrected chi connectivity index (χ0v) is 14.9. The van der Waals surface area contributed by atoms with E-state index in [1.54, 1.807) is 0 Å². The molecule has 2 rings (SSSR count). The number of aromatic nitrogens is 1. The molecule has 0 unspecified atom stereocenters. The fourth-order valence-electron chi connectivity index (χ4n) is 2.65. The first-order valence-electron chi connectivity index (χ1n) is 8.87. The molecule has 0 saturated carbocycles. The Kier molecular flexibility index (Phi) is 7.65. The lowest BCUT2D eigenvalue weighted by atomic mass is 10.1. The number of aryl methyl sites for hydroxylation is 2. The number of unbranched alkanes of at least 4 members (excludes halogenated alkanes) is 5. The average molecular weight is 316 g/mol. The highest BCUT2D eigenvalue weighted by Gasteiger charge is 2.04. The van der Waals surface area contributed by atoms with Gasteiger partial charge >= 0.3 is 0 Å². The predicted octanol–water partition coefficient (Wildman–Crippen LogP) is 6.67. The van der Waals surface area contributed by atoms with Gasteiger partial charge in [-0.3, -0.25) is 4.98 Å². The van der Waals surface area contributed by atoms with Crippen molar-refractivity contribution in [3.05, 3.63) is 41.0 Å². The molecule has 0 fully saturated rings. The van der Waals surface area contributed by atoms with Crippen molar-refractivity contribution in [2.24, 2.45) is 0 Å². The van der Waals surface area contributed by atoms with E-state index >= 15 is 0 Å². The predicted molar refractivity (Wildman–Crippen MR) is 98.6 cm³/mol. The minimum absolute atomic E-state index is 1.12. The molecule has 0 aromatic carbocycles. The van der Waals surface area contributed by atoms with Crippen LogP contribution in [0.4, 0.5) is 0 Å². The van der Waals surface area contributed by atoms with Crippen LogP contribution in [0, 0.1) is 0 Å². The highest BCUT2D eigenvalue weighted by molar-refractivity contribution is 7.15. The van der Waals surface area contributed by atoms with Gasteiger partial charge in [-0.15, -0.1) is 11.3 Å². The Balaban J connectivity index is 1.84. The van der Waals surface area contributed by atoms with Crippen LogP contribution in [-0.2, 0) is 12.8 Å². The molecule has 22 heavy (non-hydrogen) atoms. The number of pyridine rings is 1. The third-order valence-corrected chi connectivity index (χ3v) is 5.28. The van der Waals surface area contributed by atoms with Crippen LogP contribution in [0.3, 0.4) is 0 Å². The lowest BCUT2D eigenvalue weighted by Gasteiger charge is -2.02. The molecule has 2 aromatic heterocycles. The molecule has 0 bridgehead atoms. The van der Waals surface area contributed by atoms with E-state index < -0.39 is 0 Å². The fourth-order valence-corrected chi connectivity index (χ4v) is 3.69. The van der Waals surface area contributed by atoms with E-state index in [2.05, 4.69) is 49.3 Å². The zero-order valence-electron chi connectivity index (χ0n) is 14.1. The molecule has 120 valence electrons. The molecule has 0 aliphatic rings. The SMILES string of the molecule is CCCCCCCc1ccc(-c2ccc(CCCC)s2)cn1. The number of hydrogen-bond donors (Lipinski definition) is 0. The van der Waals surface area contributed by atoms with Crippen LogP contribution in [0.15, 0.2) is 30.5 Å². The highest BCUT2D eigenvalue weighted by Crippen LogP contribution is 2.28. The Bertz CT molecular complexity index is 527. The molecule has 2 heterocycles. The van der Waals surface area contributed by atoms with Crippen molar-refractivity contribution in [3.8, 4) is 10.4 Å². The van der Waals surface area contributed by atoms with Crippen LogP contribution >= 0.6 is 11.3 Å². The van der Waals surface area contributed by atoms with E-state index in [4.69, 9.17) is 0 Å². The van der Waals surface area contributed by atoms with Gasteiger partial charge in [0.15, 0.2) is 0 Å². The van der Waals surface area contributed by atoms with Crippen LogP contribution < -0.4 is 0 Å². The van der Waals surface area contributed by atoms with Crippen molar-refractivity contribution in [1.29, 1.82) is 0 Å². The molecule has 0 saturated heterocycles. The molecule has 0 aliphatic carbocycles. The van der Waals surface area contributed by atoms with Gasteiger partial charge in [-0.25, -0.2) is 0 Å². The second kappa shape index (κ2) is 9.78. The average Bonchev–Trinajstić information content (AvgIpc) is 3.02. The van der Waals surface area contributed by atoms with Crippen molar-refractivity contribution in [2.45, 2.75) is 71.6 Å². The largest absolute Gasteiger partial charge is 0.261 e. The van der Waals surface area contributed by atoms with Crippen LogP contribution in [0.2, 0.25) is 0 Å². The summed E-state index contributed by atoms with van der Waals surface area (Å²) in [4.78, 5) is 7.50. The summed E-state index contributed by atoms with van der Waals surface area (Å²) in [6, 6.07) is 8.97. The Labute approximate surface area is 139 Å². The first-order valence-corrected chi connectivity index (χ1v) is 9.69. The summed E-state index contributed by atoms with van der Waals surface area (Å²) in [6.07, 6.45) is 13.6. The van der Waals surface area contributed by atoms with Gasteiger partial charge in [-0.05, 0) is 43.9 Å². The molecule has 0 aliphatic heterocycles. The summed E-state index contributed by atoms with van der Waals surface area (Å²) >= 11 is 1.92. The normalized spacial score (nSPS) is 11.0. The molecular formula is C20H29NS. The van der Waals surface area contributed by atoms with Crippen LogP contribution in [0.1, 0.15) is 69.4 Å². The van der Waals surface area contributed by atoms with E-state index in [0.717, 1.165) is 6.42 Å². The topological polar surface area (TPSA) is 12.9 Å². The standard InChI is InChI=1S/C20H29NS/c1-3-5-7-8-9-10-18-13-12-17(16-21-18)20-15-14-19(22-20)11-6-4-2/h12-16H,3-11H2,1-2H3. The Morgan fingerprint density at radius 2 is 1.64 bits per heavy atom. The lowest BCUT2D eigenvalue weighted by molar-refractivity contribution is 0.628. The van der Waals surface area contributed by atoms with Crippen LogP contribution in [-0.4, -0.2) is 4.98 Å². The van der Waals surface area contributed by atoms with Crippen LogP contribution in [0.25, 0.3) is 10.4 Å². The van der Waals surface area contributed by atoms with E-state index in [1.807, 2.05) is 11.3 Å². The van der Waals surface area contributed by atoms with E-state index in [-0.39, 0.29) is 0 Å². The molecule has 0 amide bonds. The van der Waals surface area contributed by atoms with Gasteiger partial charge in [0.05, 0.1) is 0 Å². The second-order valence-electron chi connectivity index (χ2n) is 6.07. The lowest BCUT2D eigenvalue weighted by Crippen LogP contribution is -1.90. The third-order valence-electron chi connectivity index (χ3n) is 4.08. The Hall–Kier alpha value is -1.15.